The molecule has 0 unspecified atom stereocenters. The molecule has 0 fully saturated rings. The number of anilines is 1. The molecule has 0 heterocycles. The largest absolute Gasteiger partial charge is 0.478 e. The smallest absolute Gasteiger partial charge is 0.328 e. The highest BCUT2D eigenvalue weighted by Gasteiger charge is 2.25. The molecule has 22 heavy (non-hydrogen) atoms. The van der Waals surface area contributed by atoms with Crippen molar-refractivity contribution in [2.45, 2.75) is 4.90 Å². The zero-order chi connectivity index (χ0) is 16.2. The van der Waals surface area contributed by atoms with E-state index < -0.39 is 16.0 Å². The number of halogens is 1. The molecule has 0 saturated heterocycles. The fraction of sp³-hybridized carbons (Fsp3) is 0. The van der Waals surface area contributed by atoms with Crippen LogP contribution in [0.5, 0.6) is 0 Å². The summed E-state index contributed by atoms with van der Waals surface area (Å²) in [5.74, 6) is -1.17. The predicted octanol–water partition coefficient (Wildman–Crippen LogP) is 3.13. The first kappa shape index (κ1) is 16.1. The normalized spacial score (nSPS) is 11.5. The van der Waals surface area contributed by atoms with Crippen molar-refractivity contribution in [3.05, 3.63) is 66.2 Å². The van der Waals surface area contributed by atoms with E-state index in [1.54, 1.807) is 42.5 Å². The zero-order valence-corrected chi connectivity index (χ0v) is 12.8. The average molecular weight is 338 g/mol. The Bertz CT molecular complexity index is 803. The minimum atomic E-state index is -4.02. The van der Waals surface area contributed by atoms with Gasteiger partial charge in [-0.25, -0.2) is 4.79 Å². The van der Waals surface area contributed by atoms with E-state index in [9.17, 15) is 13.2 Å². The Morgan fingerprint density at radius 1 is 1.05 bits per heavy atom. The molecule has 7 heteroatoms. The lowest BCUT2D eigenvalue weighted by molar-refractivity contribution is -0.131. The molecule has 0 aliphatic heterocycles. The van der Waals surface area contributed by atoms with Crippen molar-refractivity contribution in [3.8, 4) is 0 Å². The molecule has 1 N–H and O–H groups in total. The minimum absolute atomic E-state index is 0.0775. The van der Waals surface area contributed by atoms with Crippen molar-refractivity contribution in [3.63, 3.8) is 0 Å². The van der Waals surface area contributed by atoms with Gasteiger partial charge in [0.2, 0.25) is 0 Å². The fourth-order valence-electron chi connectivity index (χ4n) is 1.78. The second kappa shape index (κ2) is 6.64. The third-order valence-electron chi connectivity index (χ3n) is 2.77. The predicted molar refractivity (Wildman–Crippen MR) is 85.1 cm³/mol. The van der Waals surface area contributed by atoms with Crippen molar-refractivity contribution < 1.29 is 18.3 Å². The molecule has 0 bridgehead atoms. The fourth-order valence-corrected chi connectivity index (χ4v) is 3.38. The molecule has 5 nitrogen and oxygen atoms in total. The first-order valence-electron chi connectivity index (χ1n) is 6.19. The first-order chi connectivity index (χ1) is 10.4. The lowest BCUT2D eigenvalue weighted by Crippen LogP contribution is -2.22. The molecule has 0 saturated carbocycles. The second-order valence-corrected chi connectivity index (χ2v) is 6.56. The number of carboxylic acid groups (broad SMARTS) is 1. The Balaban J connectivity index is 2.48. The van der Waals surface area contributed by atoms with Crippen LogP contribution in [0.4, 0.5) is 5.69 Å². The maximum absolute atomic E-state index is 12.6. The Hall–Kier alpha value is -2.31. The molecule has 0 atom stereocenters. The number of para-hydroxylation sites is 1. The molecule has 2 rings (SSSR count). The molecule has 0 aliphatic carbocycles. The molecular formula is C15H12ClNO4S. The van der Waals surface area contributed by atoms with Gasteiger partial charge in [-0.15, -0.1) is 0 Å². The SMILES string of the molecule is O=C(O)C=Cc1ccccc1S(=O)(=O)N(Cl)c1ccccc1. The summed E-state index contributed by atoms with van der Waals surface area (Å²) in [6, 6.07) is 14.2. The Morgan fingerprint density at radius 2 is 1.64 bits per heavy atom. The first-order valence-corrected chi connectivity index (χ1v) is 7.97. The van der Waals surface area contributed by atoms with Gasteiger partial charge < -0.3 is 5.11 Å². The van der Waals surface area contributed by atoms with Crippen LogP contribution in [0.15, 0.2) is 65.6 Å². The number of nitrogens with zero attached hydrogens (tertiary/aromatic N) is 1. The highest BCUT2D eigenvalue weighted by atomic mass is 35.5. The van der Waals surface area contributed by atoms with Gasteiger partial charge in [-0.3, -0.25) is 0 Å². The number of rotatable bonds is 5. The molecule has 0 amide bonds. The summed E-state index contributed by atoms with van der Waals surface area (Å²) in [6.07, 6.45) is 2.08. The summed E-state index contributed by atoms with van der Waals surface area (Å²) in [6.45, 7) is 0. The van der Waals surface area contributed by atoms with Crippen molar-refractivity contribution >= 4 is 39.5 Å². The van der Waals surface area contributed by atoms with Gasteiger partial charge in [-0.2, -0.15) is 12.2 Å². The summed E-state index contributed by atoms with van der Waals surface area (Å²) in [4.78, 5) is 10.5. The van der Waals surface area contributed by atoms with Gasteiger partial charge in [0.25, 0.3) is 10.0 Å². The molecule has 2 aromatic rings. The van der Waals surface area contributed by atoms with Gasteiger partial charge in [0, 0.05) is 17.9 Å². The third-order valence-corrected chi connectivity index (χ3v) is 5.07. The zero-order valence-electron chi connectivity index (χ0n) is 11.3. The van der Waals surface area contributed by atoms with Crippen LogP contribution < -0.4 is 3.82 Å². The lowest BCUT2D eigenvalue weighted by atomic mass is 10.2. The van der Waals surface area contributed by atoms with Crippen LogP contribution in [0.2, 0.25) is 0 Å². The lowest BCUT2D eigenvalue weighted by Gasteiger charge is -2.17. The van der Waals surface area contributed by atoms with Crippen LogP contribution in [-0.2, 0) is 14.8 Å². The third kappa shape index (κ3) is 3.47. The summed E-state index contributed by atoms with van der Waals surface area (Å²) < 4.78 is 25.9. The Morgan fingerprint density at radius 3 is 2.27 bits per heavy atom. The van der Waals surface area contributed by atoms with Crippen molar-refractivity contribution in [2.75, 3.05) is 3.82 Å². The van der Waals surface area contributed by atoms with E-state index in [2.05, 4.69) is 0 Å². The van der Waals surface area contributed by atoms with Crippen LogP contribution in [0, 0.1) is 0 Å². The quantitative estimate of drug-likeness (QED) is 0.672. The van der Waals surface area contributed by atoms with Gasteiger partial charge in [-0.05, 0) is 29.8 Å². The second-order valence-electron chi connectivity index (χ2n) is 4.26. The van der Waals surface area contributed by atoms with E-state index in [0.29, 0.717) is 9.51 Å². The van der Waals surface area contributed by atoms with Crippen LogP contribution in [0.25, 0.3) is 6.08 Å². The standard InChI is InChI=1S/C15H12ClNO4S/c16-17(13-7-2-1-3-8-13)22(20,21)14-9-5-4-6-12(14)10-11-15(18)19/h1-11H,(H,18,19). The highest BCUT2D eigenvalue weighted by Crippen LogP contribution is 2.28. The molecule has 0 aromatic heterocycles. The number of hydrogen-bond acceptors (Lipinski definition) is 3. The molecular weight excluding hydrogens is 326 g/mol. The average Bonchev–Trinajstić information content (AvgIpc) is 2.53. The van der Waals surface area contributed by atoms with Crippen LogP contribution in [0.1, 0.15) is 5.56 Å². The number of benzene rings is 2. The highest BCUT2D eigenvalue weighted by molar-refractivity contribution is 7.94. The van der Waals surface area contributed by atoms with Crippen LogP contribution in [0.3, 0.4) is 0 Å². The summed E-state index contributed by atoms with van der Waals surface area (Å²) in [5, 5.41) is 8.68. The van der Waals surface area contributed by atoms with Crippen molar-refractivity contribution in [1.29, 1.82) is 0 Å². The van der Waals surface area contributed by atoms with Gasteiger partial charge in [0.05, 0.1) is 10.6 Å². The summed E-state index contributed by atoms with van der Waals surface area (Å²) >= 11 is 5.97. The molecule has 0 spiro atoms. The van der Waals surface area contributed by atoms with Gasteiger partial charge in [0.15, 0.2) is 0 Å². The summed E-state index contributed by atoms with van der Waals surface area (Å²) in [7, 11) is -4.02. The number of hydrogen-bond donors (Lipinski definition) is 1. The molecule has 0 radical (unpaired) electrons. The Kier molecular flexibility index (Phi) is 4.85. The maximum Gasteiger partial charge on any atom is 0.328 e. The van der Waals surface area contributed by atoms with Gasteiger partial charge in [-0.1, -0.05) is 36.4 Å². The molecule has 114 valence electrons. The van der Waals surface area contributed by atoms with Crippen LogP contribution >= 0.6 is 11.8 Å². The van der Waals surface area contributed by atoms with Gasteiger partial charge >= 0.3 is 5.97 Å². The number of aliphatic carboxylic acids is 1. The van der Waals surface area contributed by atoms with E-state index >= 15 is 0 Å². The molecule has 0 aliphatic rings. The van der Waals surface area contributed by atoms with E-state index in [0.717, 1.165) is 6.08 Å². The van der Waals surface area contributed by atoms with E-state index in [1.165, 1.54) is 18.2 Å². The number of carboxylic acids is 1. The van der Waals surface area contributed by atoms with E-state index in [4.69, 9.17) is 16.9 Å². The number of carbonyl (C=O) groups is 1. The minimum Gasteiger partial charge on any atom is -0.478 e. The van der Waals surface area contributed by atoms with E-state index in [-0.39, 0.29) is 10.5 Å². The van der Waals surface area contributed by atoms with Gasteiger partial charge in [0.1, 0.15) is 0 Å². The van der Waals surface area contributed by atoms with Crippen molar-refractivity contribution in [2.24, 2.45) is 0 Å². The Labute approximate surface area is 133 Å². The topological polar surface area (TPSA) is 74.7 Å². The number of sulfonamides is 1. The molecule has 2 aromatic carbocycles. The summed E-state index contributed by atoms with van der Waals surface area (Å²) in [5.41, 5.74) is 0.535. The maximum atomic E-state index is 12.6. The van der Waals surface area contributed by atoms with Crippen LogP contribution in [-0.4, -0.2) is 19.5 Å². The van der Waals surface area contributed by atoms with E-state index in [1.807, 2.05) is 0 Å². The van der Waals surface area contributed by atoms with Crippen molar-refractivity contribution in [1.82, 2.24) is 0 Å². The monoisotopic (exact) mass is 337 g/mol.